The van der Waals surface area contributed by atoms with Crippen LogP contribution in [0.2, 0.25) is 0 Å². The first-order chi connectivity index (χ1) is 7.16. The molecule has 0 spiro atoms. The summed E-state index contributed by atoms with van der Waals surface area (Å²) < 4.78 is 10.9. The molecule has 1 aliphatic carbocycles. The molecule has 0 aromatic rings. The topological polar surface area (TPSA) is 61.5 Å². The van der Waals surface area contributed by atoms with Gasteiger partial charge in [-0.15, -0.1) is 0 Å². The van der Waals surface area contributed by atoms with Crippen LogP contribution >= 0.6 is 0 Å². The van der Waals surface area contributed by atoms with Gasteiger partial charge in [0.05, 0.1) is 24.2 Å². The molecule has 0 amide bonds. The Bertz CT molecular complexity index is 269. The van der Waals surface area contributed by atoms with Crippen LogP contribution in [0.4, 0.5) is 0 Å². The fraction of sp³-hybridized carbons (Fsp3) is 0.909. The number of rotatable bonds is 3. The lowest BCUT2D eigenvalue weighted by Crippen LogP contribution is -2.43. The number of hydrogen-bond donors (Lipinski definition) is 1. The number of hydrogen-bond acceptors (Lipinski definition) is 4. The first-order valence-electron chi connectivity index (χ1n) is 5.68. The van der Waals surface area contributed by atoms with Gasteiger partial charge in [-0.25, -0.2) is 0 Å². The number of carbonyl (C=O) groups is 1. The van der Waals surface area contributed by atoms with Crippen LogP contribution in [0.5, 0.6) is 0 Å². The summed E-state index contributed by atoms with van der Waals surface area (Å²) in [6.45, 7) is 3.27. The number of esters is 1. The Morgan fingerprint density at radius 2 is 2.33 bits per heavy atom. The SMILES string of the molecule is CCOC(=O)C12CCCC(CN)(C1)OC2. The molecule has 2 rings (SSSR count). The van der Waals surface area contributed by atoms with Gasteiger partial charge in [-0.2, -0.15) is 0 Å². The highest BCUT2D eigenvalue weighted by atomic mass is 16.5. The summed E-state index contributed by atoms with van der Waals surface area (Å²) in [6.07, 6.45) is 3.61. The predicted octanol–water partition coefficient (Wildman–Crippen LogP) is 0.838. The zero-order chi connectivity index (χ0) is 10.9. The van der Waals surface area contributed by atoms with Crippen molar-refractivity contribution in [2.75, 3.05) is 19.8 Å². The van der Waals surface area contributed by atoms with Gasteiger partial charge in [0.25, 0.3) is 0 Å². The van der Waals surface area contributed by atoms with E-state index in [0.717, 1.165) is 25.7 Å². The van der Waals surface area contributed by atoms with Crippen molar-refractivity contribution in [1.82, 2.24) is 0 Å². The second kappa shape index (κ2) is 3.76. The lowest BCUT2D eigenvalue weighted by atomic mass is 9.70. The largest absolute Gasteiger partial charge is 0.465 e. The molecule has 0 radical (unpaired) electrons. The van der Waals surface area contributed by atoms with Crippen molar-refractivity contribution in [2.45, 2.75) is 38.2 Å². The molecule has 2 bridgehead atoms. The molecule has 0 aromatic heterocycles. The zero-order valence-corrected chi connectivity index (χ0v) is 9.25. The molecule has 2 fully saturated rings. The van der Waals surface area contributed by atoms with Gasteiger partial charge in [0.1, 0.15) is 0 Å². The molecule has 2 N–H and O–H groups in total. The molecular weight excluding hydrogens is 194 g/mol. The summed E-state index contributed by atoms with van der Waals surface area (Å²) in [4.78, 5) is 11.9. The van der Waals surface area contributed by atoms with E-state index >= 15 is 0 Å². The van der Waals surface area contributed by atoms with Crippen LogP contribution in [0.25, 0.3) is 0 Å². The fourth-order valence-electron chi connectivity index (χ4n) is 2.83. The summed E-state index contributed by atoms with van der Waals surface area (Å²) >= 11 is 0. The molecule has 1 heterocycles. The van der Waals surface area contributed by atoms with Gasteiger partial charge in [0.2, 0.25) is 0 Å². The standard InChI is InChI=1S/C11H19NO3/c1-2-14-9(13)10-4-3-5-11(6-10,7-12)15-8-10/h2-8,12H2,1H3. The quantitative estimate of drug-likeness (QED) is 0.706. The summed E-state index contributed by atoms with van der Waals surface area (Å²) in [5.41, 5.74) is 5.09. The molecule has 15 heavy (non-hydrogen) atoms. The monoisotopic (exact) mass is 213 g/mol. The van der Waals surface area contributed by atoms with E-state index < -0.39 is 5.41 Å². The first kappa shape index (κ1) is 10.9. The summed E-state index contributed by atoms with van der Waals surface area (Å²) in [5, 5.41) is 0. The van der Waals surface area contributed by atoms with E-state index in [-0.39, 0.29) is 11.6 Å². The van der Waals surface area contributed by atoms with Gasteiger partial charge in [0.15, 0.2) is 0 Å². The highest BCUT2D eigenvalue weighted by Gasteiger charge is 2.56. The molecular formula is C11H19NO3. The van der Waals surface area contributed by atoms with Crippen molar-refractivity contribution in [3.05, 3.63) is 0 Å². The van der Waals surface area contributed by atoms with E-state index in [0.29, 0.717) is 19.8 Å². The minimum Gasteiger partial charge on any atom is -0.465 e. The first-order valence-corrected chi connectivity index (χ1v) is 5.68. The summed E-state index contributed by atoms with van der Waals surface area (Å²) in [5.74, 6) is -0.0972. The Balaban J connectivity index is 2.14. The Labute approximate surface area is 90.1 Å². The van der Waals surface area contributed by atoms with E-state index in [2.05, 4.69) is 0 Å². The maximum absolute atomic E-state index is 11.9. The van der Waals surface area contributed by atoms with Crippen molar-refractivity contribution >= 4 is 5.97 Å². The van der Waals surface area contributed by atoms with Crippen molar-refractivity contribution in [2.24, 2.45) is 11.1 Å². The van der Waals surface area contributed by atoms with Crippen LogP contribution in [-0.2, 0) is 14.3 Å². The van der Waals surface area contributed by atoms with E-state index in [1.54, 1.807) is 0 Å². The molecule has 4 heteroatoms. The van der Waals surface area contributed by atoms with Crippen LogP contribution in [0.3, 0.4) is 0 Å². The average molecular weight is 213 g/mol. The van der Waals surface area contributed by atoms with Crippen LogP contribution in [0.15, 0.2) is 0 Å². The Kier molecular flexibility index (Phi) is 2.73. The number of fused-ring (bicyclic) bond motifs is 2. The molecule has 1 saturated carbocycles. The van der Waals surface area contributed by atoms with Crippen molar-refractivity contribution in [3.63, 3.8) is 0 Å². The summed E-state index contributed by atoms with van der Waals surface area (Å²) in [7, 11) is 0. The highest BCUT2D eigenvalue weighted by molar-refractivity contribution is 5.77. The third-order valence-corrected chi connectivity index (χ3v) is 3.68. The zero-order valence-electron chi connectivity index (χ0n) is 9.25. The van der Waals surface area contributed by atoms with Gasteiger partial charge in [-0.05, 0) is 32.6 Å². The van der Waals surface area contributed by atoms with Gasteiger partial charge < -0.3 is 15.2 Å². The van der Waals surface area contributed by atoms with Crippen LogP contribution in [0, 0.1) is 5.41 Å². The maximum Gasteiger partial charge on any atom is 0.314 e. The molecule has 2 atom stereocenters. The highest BCUT2D eigenvalue weighted by Crippen LogP contribution is 2.50. The van der Waals surface area contributed by atoms with Crippen molar-refractivity contribution < 1.29 is 14.3 Å². The molecule has 2 unspecified atom stereocenters. The third kappa shape index (κ3) is 1.66. The number of nitrogens with two attached hydrogens (primary N) is 1. The van der Waals surface area contributed by atoms with Gasteiger partial charge >= 0.3 is 5.97 Å². The van der Waals surface area contributed by atoms with E-state index in [1.165, 1.54) is 0 Å². The van der Waals surface area contributed by atoms with Crippen LogP contribution in [-0.4, -0.2) is 31.3 Å². The second-order valence-corrected chi connectivity index (χ2v) is 4.71. The maximum atomic E-state index is 11.9. The van der Waals surface area contributed by atoms with Crippen LogP contribution < -0.4 is 5.73 Å². The van der Waals surface area contributed by atoms with Crippen molar-refractivity contribution in [3.8, 4) is 0 Å². The normalized spacial score (nSPS) is 39.1. The molecule has 86 valence electrons. The predicted molar refractivity (Wildman–Crippen MR) is 55.3 cm³/mol. The molecule has 2 aliphatic rings. The van der Waals surface area contributed by atoms with Crippen molar-refractivity contribution in [1.29, 1.82) is 0 Å². The molecule has 1 aliphatic heterocycles. The minimum atomic E-state index is -0.395. The Hall–Kier alpha value is -0.610. The Morgan fingerprint density at radius 1 is 1.53 bits per heavy atom. The number of carbonyl (C=O) groups excluding carboxylic acids is 1. The van der Waals surface area contributed by atoms with E-state index in [1.807, 2.05) is 6.92 Å². The van der Waals surface area contributed by atoms with Gasteiger partial charge in [-0.1, -0.05) is 0 Å². The third-order valence-electron chi connectivity index (χ3n) is 3.68. The average Bonchev–Trinajstić information content (AvgIpc) is 2.53. The van der Waals surface area contributed by atoms with E-state index in [4.69, 9.17) is 15.2 Å². The molecule has 0 aromatic carbocycles. The lowest BCUT2D eigenvalue weighted by molar-refractivity contribution is -0.156. The minimum absolute atomic E-state index is 0.0972. The van der Waals surface area contributed by atoms with Gasteiger partial charge in [0, 0.05) is 6.54 Å². The van der Waals surface area contributed by atoms with Crippen LogP contribution in [0.1, 0.15) is 32.6 Å². The molecule has 4 nitrogen and oxygen atoms in total. The smallest absolute Gasteiger partial charge is 0.314 e. The Morgan fingerprint density at radius 3 is 3.00 bits per heavy atom. The summed E-state index contributed by atoms with van der Waals surface area (Å²) in [6, 6.07) is 0. The van der Waals surface area contributed by atoms with E-state index in [9.17, 15) is 4.79 Å². The fourth-order valence-corrected chi connectivity index (χ4v) is 2.83. The second-order valence-electron chi connectivity index (χ2n) is 4.71. The number of ether oxygens (including phenoxy) is 2. The lowest BCUT2D eigenvalue weighted by Gasteiger charge is -2.34. The van der Waals surface area contributed by atoms with Gasteiger partial charge in [-0.3, -0.25) is 4.79 Å². The molecule has 1 saturated heterocycles.